The molecule has 7 atom stereocenters. The highest BCUT2D eigenvalue weighted by Crippen LogP contribution is 2.72. The molecule has 0 radical (unpaired) electrons. The minimum absolute atomic E-state index is 0.166. The van der Waals surface area contributed by atoms with E-state index in [1.807, 2.05) is 26.8 Å². The van der Waals surface area contributed by atoms with Crippen molar-refractivity contribution in [3.05, 3.63) is 64.7 Å². The fraction of sp³-hybridized carbons (Fsp3) is 0.562. The molecule has 4 heterocycles. The zero-order chi connectivity index (χ0) is 27.9. The zero-order valence-electron chi connectivity index (χ0n) is 23.7. The lowest BCUT2D eigenvalue weighted by Crippen LogP contribution is -2.74. The van der Waals surface area contributed by atoms with Gasteiger partial charge in [-0.05, 0) is 63.7 Å². The Morgan fingerprint density at radius 1 is 1.18 bits per heavy atom. The molecule has 40 heavy (non-hydrogen) atoms. The topological polar surface area (TPSA) is 107 Å². The Balaban J connectivity index is 1.31. The Bertz CT molecular complexity index is 1620. The molecule has 2 bridgehead atoms. The van der Waals surface area contributed by atoms with Crippen molar-refractivity contribution in [1.82, 2.24) is 10.1 Å². The molecule has 0 amide bonds. The van der Waals surface area contributed by atoms with Gasteiger partial charge in [-0.15, -0.1) is 0 Å². The van der Waals surface area contributed by atoms with Gasteiger partial charge in [0.05, 0.1) is 11.8 Å². The molecule has 1 aromatic carbocycles. The molecule has 1 saturated heterocycles. The molecule has 2 saturated carbocycles. The molecule has 1 unspecified atom stereocenters. The maximum atomic E-state index is 13.5. The first-order chi connectivity index (χ1) is 18.9. The molecule has 2 N–H and O–H groups in total. The summed E-state index contributed by atoms with van der Waals surface area (Å²) in [5.41, 5.74) is 1.47. The molecule has 3 aromatic rings. The molecule has 8 rings (SSSR count). The standard InChI is InChI=1S/C32H36N2O6/c1-17-12-19(39-34-17)16-37-25-14-18-13-21-20-8-6-7-9-22(20)33-26(21)30(18,5)29(4)10-11-31-24(32(25,29)36)15-23(35)27(38-31)28(2,3)40-31/h6-9,12,15,18,25,27,33,36H,10-11,13-14,16H2,1-5H3/t18-,25+,27+,29-,30-,31?,32+/m1/s1. The van der Waals surface area contributed by atoms with Crippen LogP contribution in [0, 0.1) is 18.3 Å². The lowest BCUT2D eigenvalue weighted by atomic mass is 9.41. The minimum Gasteiger partial charge on any atom is -0.382 e. The van der Waals surface area contributed by atoms with Crippen LogP contribution < -0.4 is 0 Å². The number of H-pyrrole nitrogens is 1. The number of aryl methyl sites for hydroxylation is 1. The normalized spacial score (nSPS) is 40.9. The first-order valence-electron chi connectivity index (χ1n) is 14.4. The maximum Gasteiger partial charge on any atom is 0.195 e. The third-order valence-corrected chi connectivity index (χ3v) is 11.3. The highest BCUT2D eigenvalue weighted by atomic mass is 16.8. The highest BCUT2D eigenvalue weighted by molar-refractivity contribution is 5.97. The Morgan fingerprint density at radius 3 is 2.75 bits per heavy atom. The van der Waals surface area contributed by atoms with Crippen molar-refractivity contribution in [2.75, 3.05) is 0 Å². The summed E-state index contributed by atoms with van der Waals surface area (Å²) >= 11 is 0. The molecule has 8 nitrogen and oxygen atoms in total. The van der Waals surface area contributed by atoms with E-state index in [1.54, 1.807) is 6.08 Å². The number of nitrogens with one attached hydrogen (secondary N) is 1. The number of carbonyl (C=O) groups excluding carboxylic acids is 1. The molecule has 2 aromatic heterocycles. The van der Waals surface area contributed by atoms with Crippen LogP contribution in [0.15, 0.2) is 46.5 Å². The van der Waals surface area contributed by atoms with E-state index >= 15 is 0 Å². The fourth-order valence-corrected chi connectivity index (χ4v) is 9.25. The third kappa shape index (κ3) is 2.76. The van der Waals surface area contributed by atoms with E-state index < -0.39 is 40.0 Å². The number of ether oxygens (including phenoxy) is 3. The smallest absolute Gasteiger partial charge is 0.195 e. The SMILES string of the molecule is Cc1cc(CO[C@H]2C[C@H]3Cc4c([nH]c5ccccc45)[C@]3(C)[C@@]3(C)CCC45O[C@@H](C(=O)C=C4[C@]23O)C(C)(C)O5)on1. The van der Waals surface area contributed by atoms with Crippen LogP contribution in [-0.2, 0) is 37.4 Å². The molecule has 2 aliphatic heterocycles. The summed E-state index contributed by atoms with van der Waals surface area (Å²) in [5.74, 6) is -0.493. The number of fused-ring (bicyclic) bond motifs is 9. The van der Waals surface area contributed by atoms with Crippen LogP contribution in [0.4, 0.5) is 0 Å². The van der Waals surface area contributed by atoms with Gasteiger partial charge in [-0.1, -0.05) is 37.2 Å². The molecular formula is C32H36N2O6. The molecule has 8 heteroatoms. The van der Waals surface area contributed by atoms with Gasteiger partial charge in [0.25, 0.3) is 0 Å². The molecule has 3 fully saturated rings. The monoisotopic (exact) mass is 544 g/mol. The fourth-order valence-electron chi connectivity index (χ4n) is 9.25. The van der Waals surface area contributed by atoms with Gasteiger partial charge in [0, 0.05) is 45.5 Å². The number of aromatic amines is 1. The van der Waals surface area contributed by atoms with Crippen LogP contribution in [-0.4, -0.2) is 50.2 Å². The summed E-state index contributed by atoms with van der Waals surface area (Å²) in [4.78, 5) is 17.3. The number of rotatable bonds is 3. The van der Waals surface area contributed by atoms with Gasteiger partial charge in [0.15, 0.2) is 23.4 Å². The average Bonchev–Trinajstić information content (AvgIpc) is 3.62. The Morgan fingerprint density at radius 2 is 1.98 bits per heavy atom. The summed E-state index contributed by atoms with van der Waals surface area (Å²) in [5, 5.41) is 18.6. The number of para-hydroxylation sites is 1. The van der Waals surface area contributed by atoms with Gasteiger partial charge in [0.2, 0.25) is 0 Å². The number of hydrogen-bond acceptors (Lipinski definition) is 7. The van der Waals surface area contributed by atoms with E-state index in [1.165, 1.54) is 16.6 Å². The van der Waals surface area contributed by atoms with Crippen LogP contribution in [0.1, 0.15) is 69.7 Å². The van der Waals surface area contributed by atoms with Gasteiger partial charge in [0.1, 0.15) is 17.8 Å². The van der Waals surface area contributed by atoms with Crippen molar-refractivity contribution < 1.29 is 28.6 Å². The average molecular weight is 545 g/mol. The molecule has 1 spiro atoms. The predicted octanol–water partition coefficient (Wildman–Crippen LogP) is 4.81. The molecule has 210 valence electrons. The third-order valence-electron chi connectivity index (χ3n) is 11.3. The molecule has 3 aliphatic carbocycles. The van der Waals surface area contributed by atoms with Gasteiger partial charge >= 0.3 is 0 Å². The number of aromatic nitrogens is 2. The van der Waals surface area contributed by atoms with E-state index in [0.29, 0.717) is 30.6 Å². The number of ketones is 1. The second-order valence-corrected chi connectivity index (χ2v) is 13.6. The summed E-state index contributed by atoms with van der Waals surface area (Å²) in [6.45, 7) is 10.3. The summed E-state index contributed by atoms with van der Waals surface area (Å²) in [7, 11) is 0. The van der Waals surface area contributed by atoms with Crippen molar-refractivity contribution in [2.24, 2.45) is 11.3 Å². The second kappa shape index (κ2) is 7.53. The van der Waals surface area contributed by atoms with Gasteiger partial charge in [-0.25, -0.2) is 0 Å². The van der Waals surface area contributed by atoms with Crippen molar-refractivity contribution in [1.29, 1.82) is 0 Å². The first kappa shape index (κ1) is 25.0. The zero-order valence-corrected chi connectivity index (χ0v) is 23.7. The lowest BCUT2D eigenvalue weighted by Gasteiger charge is -2.67. The molecular weight excluding hydrogens is 508 g/mol. The Kier molecular flexibility index (Phi) is 4.70. The number of nitrogens with zero attached hydrogens (tertiary/aromatic N) is 1. The largest absolute Gasteiger partial charge is 0.382 e. The Labute approximate surface area is 233 Å². The number of aliphatic hydroxyl groups is 1. The van der Waals surface area contributed by atoms with Gasteiger partial charge in [-0.3, -0.25) is 4.79 Å². The Hall–Kier alpha value is -2.78. The van der Waals surface area contributed by atoms with Crippen molar-refractivity contribution in [3.63, 3.8) is 0 Å². The summed E-state index contributed by atoms with van der Waals surface area (Å²) in [6.07, 6.45) is 3.02. The second-order valence-electron chi connectivity index (χ2n) is 13.6. The van der Waals surface area contributed by atoms with Gasteiger partial charge in [-0.2, -0.15) is 0 Å². The van der Waals surface area contributed by atoms with Crippen molar-refractivity contribution >= 4 is 16.7 Å². The van der Waals surface area contributed by atoms with Crippen LogP contribution in [0.5, 0.6) is 0 Å². The minimum atomic E-state index is -1.54. The van der Waals surface area contributed by atoms with Crippen LogP contribution in [0.25, 0.3) is 10.9 Å². The lowest BCUT2D eigenvalue weighted by molar-refractivity contribution is -0.282. The van der Waals surface area contributed by atoms with Gasteiger partial charge < -0.3 is 28.8 Å². The van der Waals surface area contributed by atoms with E-state index in [9.17, 15) is 9.90 Å². The van der Waals surface area contributed by atoms with E-state index in [0.717, 1.165) is 17.6 Å². The molecule has 5 aliphatic rings. The van der Waals surface area contributed by atoms with Crippen LogP contribution >= 0.6 is 0 Å². The van der Waals surface area contributed by atoms with Crippen molar-refractivity contribution in [3.8, 4) is 0 Å². The van der Waals surface area contributed by atoms with Crippen molar-refractivity contribution in [2.45, 2.75) is 102 Å². The quantitative estimate of drug-likeness (QED) is 0.487. The summed E-state index contributed by atoms with van der Waals surface area (Å²) < 4.78 is 25.1. The predicted molar refractivity (Wildman–Crippen MR) is 145 cm³/mol. The number of benzene rings is 1. The summed E-state index contributed by atoms with van der Waals surface area (Å²) in [6, 6.07) is 10.3. The van der Waals surface area contributed by atoms with E-state index in [-0.39, 0.29) is 18.3 Å². The maximum absolute atomic E-state index is 13.5. The van der Waals surface area contributed by atoms with E-state index in [2.05, 4.69) is 48.3 Å². The van der Waals surface area contributed by atoms with E-state index in [4.69, 9.17) is 18.7 Å². The first-order valence-corrected chi connectivity index (χ1v) is 14.4. The van der Waals surface area contributed by atoms with Crippen LogP contribution in [0.2, 0.25) is 0 Å². The van der Waals surface area contributed by atoms with Crippen LogP contribution in [0.3, 0.4) is 0 Å². The highest BCUT2D eigenvalue weighted by Gasteiger charge is 2.78. The number of hydrogen-bond donors (Lipinski definition) is 2. The number of carbonyl (C=O) groups is 1.